The Hall–Kier alpha value is -0.180. The van der Waals surface area contributed by atoms with Gasteiger partial charge in [0.15, 0.2) is 0 Å². The quantitative estimate of drug-likeness (QED) is 0.786. The lowest BCUT2D eigenvalue weighted by Gasteiger charge is -2.33. The Morgan fingerprint density at radius 1 is 1.40 bits per heavy atom. The summed E-state index contributed by atoms with van der Waals surface area (Å²) in [6.07, 6.45) is 5.45. The van der Waals surface area contributed by atoms with Gasteiger partial charge < -0.3 is 5.11 Å². The van der Waals surface area contributed by atoms with Gasteiger partial charge in [0.25, 0.3) is 0 Å². The number of rotatable bonds is 5. The molecule has 2 nitrogen and oxygen atoms in total. The zero-order valence-electron chi connectivity index (χ0n) is 9.74. The summed E-state index contributed by atoms with van der Waals surface area (Å²) in [5.74, 6) is 1.18. The van der Waals surface area contributed by atoms with E-state index in [1.165, 1.54) is 6.42 Å². The van der Waals surface area contributed by atoms with Crippen LogP contribution in [0.2, 0.25) is 0 Å². The molecule has 3 unspecified atom stereocenters. The fourth-order valence-corrected chi connectivity index (χ4v) is 3.75. The minimum absolute atomic E-state index is 0.0932. The van der Waals surface area contributed by atoms with E-state index < -0.39 is 5.97 Å². The first-order chi connectivity index (χ1) is 7.19. The molecule has 0 amide bonds. The summed E-state index contributed by atoms with van der Waals surface area (Å²) in [6.45, 7) is 4.37. The monoisotopic (exact) mass is 230 g/mol. The summed E-state index contributed by atoms with van der Waals surface area (Å²) in [5, 5.41) is 9.52. The molecule has 3 atom stereocenters. The van der Waals surface area contributed by atoms with Gasteiger partial charge in [-0.15, -0.1) is 0 Å². The van der Waals surface area contributed by atoms with E-state index in [9.17, 15) is 4.79 Å². The molecule has 0 saturated heterocycles. The van der Waals surface area contributed by atoms with Crippen molar-refractivity contribution in [2.45, 2.75) is 51.2 Å². The Morgan fingerprint density at radius 2 is 2.13 bits per heavy atom. The Bertz CT molecular complexity index is 206. The number of hydrogen-bond donors (Lipinski definition) is 1. The number of carboxylic acid groups (broad SMARTS) is 1. The van der Waals surface area contributed by atoms with E-state index in [2.05, 4.69) is 13.8 Å². The lowest BCUT2D eigenvalue weighted by molar-refractivity contribution is -0.142. The predicted molar refractivity (Wildman–Crippen MR) is 65.3 cm³/mol. The maximum Gasteiger partial charge on any atom is 0.307 e. The maximum atomic E-state index is 11.1. The van der Waals surface area contributed by atoms with Crippen molar-refractivity contribution in [2.75, 3.05) is 5.75 Å². The van der Waals surface area contributed by atoms with E-state index in [0.29, 0.717) is 5.25 Å². The molecular formula is C12H22O2S. The highest BCUT2D eigenvalue weighted by atomic mass is 32.2. The number of carboxylic acids is 1. The fraction of sp³-hybridized carbons (Fsp3) is 0.917. The van der Waals surface area contributed by atoms with E-state index in [-0.39, 0.29) is 5.92 Å². The topological polar surface area (TPSA) is 37.3 Å². The van der Waals surface area contributed by atoms with Crippen LogP contribution in [0.25, 0.3) is 0 Å². The molecule has 0 aromatic carbocycles. The van der Waals surface area contributed by atoms with Gasteiger partial charge >= 0.3 is 5.97 Å². The summed E-state index contributed by atoms with van der Waals surface area (Å²) in [4.78, 5) is 11.1. The molecule has 1 N–H and O–H groups in total. The molecule has 1 aliphatic rings. The van der Waals surface area contributed by atoms with Crippen molar-refractivity contribution < 1.29 is 9.90 Å². The molecular weight excluding hydrogens is 208 g/mol. The SMILES string of the molecule is CCCSC1CC(CC)CCC1C(=O)O. The average molecular weight is 230 g/mol. The Kier molecular flexibility index (Phi) is 5.51. The highest BCUT2D eigenvalue weighted by molar-refractivity contribution is 7.99. The van der Waals surface area contributed by atoms with Gasteiger partial charge in [-0.2, -0.15) is 11.8 Å². The van der Waals surface area contributed by atoms with Crippen LogP contribution in [0.1, 0.15) is 46.0 Å². The highest BCUT2D eigenvalue weighted by Crippen LogP contribution is 2.38. The zero-order chi connectivity index (χ0) is 11.3. The summed E-state index contributed by atoms with van der Waals surface area (Å²) < 4.78 is 0. The van der Waals surface area contributed by atoms with E-state index >= 15 is 0 Å². The molecule has 0 aromatic heterocycles. The van der Waals surface area contributed by atoms with Crippen LogP contribution in [-0.4, -0.2) is 22.1 Å². The van der Waals surface area contributed by atoms with E-state index in [1.807, 2.05) is 11.8 Å². The third-order valence-electron chi connectivity index (χ3n) is 3.33. The minimum Gasteiger partial charge on any atom is -0.481 e. The van der Waals surface area contributed by atoms with Crippen LogP contribution >= 0.6 is 11.8 Å². The van der Waals surface area contributed by atoms with Crippen molar-refractivity contribution in [1.29, 1.82) is 0 Å². The number of hydrogen-bond acceptors (Lipinski definition) is 2. The molecule has 0 aliphatic heterocycles. The van der Waals surface area contributed by atoms with Crippen molar-refractivity contribution in [3.05, 3.63) is 0 Å². The second-order valence-corrected chi connectivity index (χ2v) is 5.79. The van der Waals surface area contributed by atoms with Crippen LogP contribution < -0.4 is 0 Å². The second-order valence-electron chi connectivity index (χ2n) is 4.44. The Morgan fingerprint density at radius 3 is 2.67 bits per heavy atom. The van der Waals surface area contributed by atoms with Crippen molar-refractivity contribution in [3.63, 3.8) is 0 Å². The van der Waals surface area contributed by atoms with Gasteiger partial charge in [-0.1, -0.05) is 20.3 Å². The average Bonchev–Trinajstić information content (AvgIpc) is 2.25. The summed E-state index contributed by atoms with van der Waals surface area (Å²) in [7, 11) is 0. The largest absolute Gasteiger partial charge is 0.481 e. The molecule has 15 heavy (non-hydrogen) atoms. The van der Waals surface area contributed by atoms with Crippen LogP contribution in [0.15, 0.2) is 0 Å². The van der Waals surface area contributed by atoms with Gasteiger partial charge in [-0.3, -0.25) is 4.79 Å². The molecule has 0 heterocycles. The number of thioether (sulfide) groups is 1. The number of aliphatic carboxylic acids is 1. The Labute approximate surface area is 96.8 Å². The van der Waals surface area contributed by atoms with E-state index in [0.717, 1.165) is 37.4 Å². The van der Waals surface area contributed by atoms with E-state index in [4.69, 9.17) is 5.11 Å². The normalized spacial score (nSPS) is 31.5. The van der Waals surface area contributed by atoms with Crippen LogP contribution in [0.5, 0.6) is 0 Å². The first-order valence-corrected chi connectivity index (χ1v) is 7.08. The lowest BCUT2D eigenvalue weighted by Crippen LogP contribution is -2.32. The van der Waals surface area contributed by atoms with Crippen molar-refractivity contribution >= 4 is 17.7 Å². The fourth-order valence-electron chi connectivity index (χ4n) is 2.32. The molecule has 0 bridgehead atoms. The molecule has 88 valence electrons. The zero-order valence-corrected chi connectivity index (χ0v) is 10.6. The molecule has 3 heteroatoms. The van der Waals surface area contributed by atoms with E-state index in [1.54, 1.807) is 0 Å². The summed E-state index contributed by atoms with van der Waals surface area (Å²) in [5.41, 5.74) is 0. The van der Waals surface area contributed by atoms with Crippen LogP contribution in [0.3, 0.4) is 0 Å². The first-order valence-electron chi connectivity index (χ1n) is 6.03. The van der Waals surface area contributed by atoms with Gasteiger partial charge in [-0.05, 0) is 37.4 Å². The summed E-state index contributed by atoms with van der Waals surface area (Å²) >= 11 is 1.87. The number of carbonyl (C=O) groups is 1. The van der Waals surface area contributed by atoms with Gasteiger partial charge in [0.05, 0.1) is 5.92 Å². The molecule has 1 fully saturated rings. The van der Waals surface area contributed by atoms with Gasteiger partial charge in [-0.25, -0.2) is 0 Å². The van der Waals surface area contributed by atoms with Crippen LogP contribution in [0.4, 0.5) is 0 Å². The molecule has 0 aromatic rings. The molecule has 0 spiro atoms. The predicted octanol–water partition coefficient (Wildman–Crippen LogP) is 3.41. The van der Waals surface area contributed by atoms with Gasteiger partial charge in [0, 0.05) is 5.25 Å². The van der Waals surface area contributed by atoms with Crippen LogP contribution in [0, 0.1) is 11.8 Å². The molecule has 0 radical (unpaired) electrons. The third-order valence-corrected chi connectivity index (χ3v) is 4.92. The molecule has 1 aliphatic carbocycles. The van der Waals surface area contributed by atoms with Crippen molar-refractivity contribution in [1.82, 2.24) is 0 Å². The minimum atomic E-state index is -0.585. The third kappa shape index (κ3) is 3.71. The highest BCUT2D eigenvalue weighted by Gasteiger charge is 2.34. The van der Waals surface area contributed by atoms with Crippen molar-refractivity contribution in [2.24, 2.45) is 11.8 Å². The molecule has 1 saturated carbocycles. The maximum absolute atomic E-state index is 11.1. The smallest absolute Gasteiger partial charge is 0.307 e. The molecule has 1 rings (SSSR count). The second kappa shape index (κ2) is 6.41. The van der Waals surface area contributed by atoms with Crippen LogP contribution in [-0.2, 0) is 4.79 Å². The van der Waals surface area contributed by atoms with Gasteiger partial charge in [0.2, 0.25) is 0 Å². The lowest BCUT2D eigenvalue weighted by atomic mass is 9.80. The van der Waals surface area contributed by atoms with Gasteiger partial charge in [0.1, 0.15) is 0 Å². The Balaban J connectivity index is 2.52. The summed E-state index contributed by atoms with van der Waals surface area (Å²) in [6, 6.07) is 0. The van der Waals surface area contributed by atoms with Crippen molar-refractivity contribution in [3.8, 4) is 0 Å². The first kappa shape index (κ1) is 12.9. The standard InChI is InChI=1S/C12H22O2S/c1-3-7-15-11-8-9(4-2)5-6-10(11)12(13)14/h9-11H,3-8H2,1-2H3,(H,13,14).